The monoisotopic (exact) mass is 304 g/mol. The maximum atomic E-state index is 13.2. The minimum Gasteiger partial charge on any atom is -0.497 e. The second kappa shape index (κ2) is 5.75. The van der Waals surface area contributed by atoms with Crippen LogP contribution in [0.2, 0.25) is 0 Å². The predicted molar refractivity (Wildman–Crippen MR) is 84.1 cm³/mol. The van der Waals surface area contributed by atoms with E-state index in [0.717, 1.165) is 29.7 Å². The number of esters is 1. The largest absolute Gasteiger partial charge is 0.497 e. The van der Waals surface area contributed by atoms with E-state index in [0.29, 0.717) is 6.42 Å². The first-order valence-electron chi connectivity index (χ1n) is 7.58. The fourth-order valence-corrected chi connectivity index (χ4v) is 3.63. The third-order valence-corrected chi connectivity index (χ3v) is 5.03. The summed E-state index contributed by atoms with van der Waals surface area (Å²) in [5.41, 5.74) is 0.203. The second-order valence-electron chi connectivity index (χ2n) is 6.52. The van der Waals surface area contributed by atoms with Crippen molar-refractivity contribution >= 4 is 11.8 Å². The van der Waals surface area contributed by atoms with Crippen molar-refractivity contribution in [2.24, 2.45) is 5.41 Å². The predicted octanol–water partition coefficient (Wildman–Crippen LogP) is 3.19. The van der Waals surface area contributed by atoms with Crippen LogP contribution in [0.4, 0.5) is 0 Å². The molecule has 0 aliphatic heterocycles. The van der Waals surface area contributed by atoms with Crippen LogP contribution in [-0.2, 0) is 19.7 Å². The number of benzene rings is 1. The number of carbonyl (C=O) groups excluding carboxylic acids is 2. The minimum absolute atomic E-state index is 0.0607. The molecule has 120 valence electrons. The van der Waals surface area contributed by atoms with Crippen molar-refractivity contribution in [2.45, 2.75) is 45.4 Å². The smallest absolute Gasteiger partial charge is 0.319 e. The number of carbonyl (C=O) groups is 2. The summed E-state index contributed by atoms with van der Waals surface area (Å²) in [4.78, 5) is 25.3. The molecular weight excluding hydrogens is 280 g/mol. The van der Waals surface area contributed by atoms with Crippen LogP contribution in [-0.4, -0.2) is 26.0 Å². The highest BCUT2D eigenvalue weighted by atomic mass is 16.5. The van der Waals surface area contributed by atoms with Gasteiger partial charge in [-0.1, -0.05) is 12.5 Å². The van der Waals surface area contributed by atoms with Crippen LogP contribution in [0.5, 0.6) is 5.75 Å². The average molecular weight is 304 g/mol. The summed E-state index contributed by atoms with van der Waals surface area (Å²) in [5.74, 6) is 0.221. The molecule has 0 heterocycles. The SMILES string of the molecule is COC(=O)[C@]1(C)CCC[C@@](C)(c2cc(OC)ccc2C)C1=O. The van der Waals surface area contributed by atoms with Gasteiger partial charge >= 0.3 is 5.97 Å². The van der Waals surface area contributed by atoms with Crippen molar-refractivity contribution in [3.63, 3.8) is 0 Å². The molecule has 0 aromatic heterocycles. The quantitative estimate of drug-likeness (QED) is 0.635. The van der Waals surface area contributed by atoms with E-state index in [4.69, 9.17) is 9.47 Å². The highest BCUT2D eigenvalue weighted by Gasteiger charge is 2.54. The van der Waals surface area contributed by atoms with E-state index in [1.54, 1.807) is 14.0 Å². The van der Waals surface area contributed by atoms with E-state index < -0.39 is 16.8 Å². The summed E-state index contributed by atoms with van der Waals surface area (Å²) in [6.07, 6.45) is 2.08. The van der Waals surface area contributed by atoms with Gasteiger partial charge in [-0.3, -0.25) is 9.59 Å². The zero-order valence-electron chi connectivity index (χ0n) is 14.0. The number of Topliss-reactive ketones (excluding diaryl/α,β-unsaturated/α-hetero) is 1. The molecule has 0 spiro atoms. The highest BCUT2D eigenvalue weighted by molar-refractivity contribution is 6.09. The van der Waals surface area contributed by atoms with Crippen LogP contribution in [0.25, 0.3) is 0 Å². The zero-order valence-corrected chi connectivity index (χ0v) is 14.0. The Morgan fingerprint density at radius 1 is 1.18 bits per heavy atom. The van der Waals surface area contributed by atoms with Crippen molar-refractivity contribution in [2.75, 3.05) is 14.2 Å². The van der Waals surface area contributed by atoms with Crippen molar-refractivity contribution in [1.82, 2.24) is 0 Å². The average Bonchev–Trinajstić information content (AvgIpc) is 2.52. The van der Waals surface area contributed by atoms with E-state index in [-0.39, 0.29) is 5.78 Å². The molecule has 2 atom stereocenters. The summed E-state index contributed by atoms with van der Waals surface area (Å²) in [6.45, 7) is 5.61. The van der Waals surface area contributed by atoms with Gasteiger partial charge in [-0.15, -0.1) is 0 Å². The molecule has 4 nitrogen and oxygen atoms in total. The standard InChI is InChI=1S/C18H24O4/c1-12-7-8-13(21-4)11-14(12)17(2)9-6-10-18(3,15(17)19)16(20)22-5/h7-8,11H,6,9-10H2,1-5H3/t17-,18+/m0/s1. The molecule has 0 unspecified atom stereocenters. The number of methoxy groups -OCH3 is 2. The van der Waals surface area contributed by atoms with Crippen LogP contribution >= 0.6 is 0 Å². The molecule has 0 saturated heterocycles. The third-order valence-electron chi connectivity index (χ3n) is 5.03. The zero-order chi connectivity index (χ0) is 16.5. The molecule has 1 aromatic rings. The first kappa shape index (κ1) is 16.5. The molecule has 0 radical (unpaired) electrons. The van der Waals surface area contributed by atoms with Gasteiger partial charge in [0.1, 0.15) is 11.2 Å². The molecule has 1 aromatic carbocycles. The molecule has 0 bridgehead atoms. The first-order valence-corrected chi connectivity index (χ1v) is 7.58. The Balaban J connectivity index is 2.53. The fraction of sp³-hybridized carbons (Fsp3) is 0.556. The van der Waals surface area contributed by atoms with E-state index in [1.807, 2.05) is 32.0 Å². The summed E-state index contributed by atoms with van der Waals surface area (Å²) in [5, 5.41) is 0. The van der Waals surface area contributed by atoms with Gasteiger partial charge in [0.05, 0.1) is 19.6 Å². The Morgan fingerprint density at radius 2 is 1.86 bits per heavy atom. The van der Waals surface area contributed by atoms with Crippen molar-refractivity contribution in [1.29, 1.82) is 0 Å². The highest BCUT2D eigenvalue weighted by Crippen LogP contribution is 2.46. The molecular formula is C18H24O4. The lowest BCUT2D eigenvalue weighted by Crippen LogP contribution is -2.51. The van der Waals surface area contributed by atoms with Gasteiger partial charge in [0.25, 0.3) is 0 Å². The maximum absolute atomic E-state index is 13.2. The third kappa shape index (κ3) is 2.40. The lowest BCUT2D eigenvalue weighted by molar-refractivity contribution is -0.161. The lowest BCUT2D eigenvalue weighted by Gasteiger charge is -2.42. The fourth-order valence-electron chi connectivity index (χ4n) is 3.63. The molecule has 22 heavy (non-hydrogen) atoms. The van der Waals surface area contributed by atoms with Crippen LogP contribution in [0.1, 0.15) is 44.2 Å². The van der Waals surface area contributed by atoms with Crippen molar-refractivity contribution in [3.05, 3.63) is 29.3 Å². The van der Waals surface area contributed by atoms with Gasteiger partial charge in [-0.2, -0.15) is 0 Å². The number of aryl methyl sites for hydroxylation is 1. The maximum Gasteiger partial charge on any atom is 0.319 e. The van der Waals surface area contributed by atoms with Crippen LogP contribution in [0, 0.1) is 12.3 Å². The summed E-state index contributed by atoms with van der Waals surface area (Å²) in [6, 6.07) is 5.75. The number of rotatable bonds is 3. The minimum atomic E-state index is -1.07. The number of hydrogen-bond acceptors (Lipinski definition) is 4. The Morgan fingerprint density at radius 3 is 2.45 bits per heavy atom. The first-order chi connectivity index (χ1) is 10.3. The van der Waals surface area contributed by atoms with Crippen LogP contribution in [0.15, 0.2) is 18.2 Å². The van der Waals surface area contributed by atoms with Crippen LogP contribution in [0.3, 0.4) is 0 Å². The topological polar surface area (TPSA) is 52.6 Å². The molecule has 2 rings (SSSR count). The van der Waals surface area contributed by atoms with E-state index in [1.165, 1.54) is 7.11 Å². The van der Waals surface area contributed by atoms with Gasteiger partial charge in [0.2, 0.25) is 0 Å². The van der Waals surface area contributed by atoms with Gasteiger partial charge < -0.3 is 9.47 Å². The summed E-state index contributed by atoms with van der Waals surface area (Å²) in [7, 11) is 2.95. The Labute approximate surface area is 131 Å². The second-order valence-corrected chi connectivity index (χ2v) is 6.52. The summed E-state index contributed by atoms with van der Waals surface area (Å²) < 4.78 is 10.2. The number of hydrogen-bond donors (Lipinski definition) is 0. The molecule has 1 aliphatic carbocycles. The Bertz CT molecular complexity index is 607. The molecule has 0 amide bonds. The Kier molecular flexibility index (Phi) is 4.32. The van der Waals surface area contributed by atoms with Gasteiger partial charge in [0, 0.05) is 0 Å². The molecule has 1 aliphatic rings. The molecule has 1 fully saturated rings. The normalized spacial score (nSPS) is 28.3. The lowest BCUT2D eigenvalue weighted by atomic mass is 9.59. The van der Waals surface area contributed by atoms with E-state index in [2.05, 4.69) is 0 Å². The molecule has 1 saturated carbocycles. The van der Waals surface area contributed by atoms with E-state index in [9.17, 15) is 9.59 Å². The van der Waals surface area contributed by atoms with Gasteiger partial charge in [-0.05, 0) is 56.9 Å². The Hall–Kier alpha value is -1.84. The van der Waals surface area contributed by atoms with Crippen molar-refractivity contribution in [3.8, 4) is 5.75 Å². The molecule has 4 heteroatoms. The summed E-state index contributed by atoms with van der Waals surface area (Å²) >= 11 is 0. The van der Waals surface area contributed by atoms with Gasteiger partial charge in [-0.25, -0.2) is 0 Å². The number of ether oxygens (including phenoxy) is 2. The number of ketones is 1. The van der Waals surface area contributed by atoms with Crippen LogP contribution < -0.4 is 4.74 Å². The van der Waals surface area contributed by atoms with Gasteiger partial charge in [0.15, 0.2) is 5.78 Å². The van der Waals surface area contributed by atoms with Crippen molar-refractivity contribution < 1.29 is 19.1 Å². The molecule has 0 N–H and O–H groups in total. The van der Waals surface area contributed by atoms with E-state index >= 15 is 0 Å².